The summed E-state index contributed by atoms with van der Waals surface area (Å²) in [5.41, 5.74) is 3.26. The number of imidazole rings is 1. The van der Waals surface area contributed by atoms with Crippen molar-refractivity contribution in [2.75, 3.05) is 7.11 Å². The van der Waals surface area contributed by atoms with Crippen molar-refractivity contribution in [1.82, 2.24) is 9.38 Å². The Balaban J connectivity index is 1.58. The smallest absolute Gasteiger partial charge is 0.274 e. The lowest BCUT2D eigenvalue weighted by Crippen LogP contribution is -2.22. The molecule has 0 saturated heterocycles. The predicted molar refractivity (Wildman–Crippen MR) is 124 cm³/mol. The molecule has 0 aliphatic carbocycles. The molecule has 2 aromatic heterocycles. The molecule has 0 bridgehead atoms. The van der Waals surface area contributed by atoms with Gasteiger partial charge in [0.15, 0.2) is 16.5 Å². The Kier molecular flexibility index (Phi) is 5.10. The Hall–Kier alpha value is -3.35. The standard InChI is InChI=1S/C24H17ClN2O3S/c1-29-20-8-4-5-16(22(20)30-14-15-9-11-17(25)12-10-15)13-21-23(28)27-19-7-3-2-6-18(19)26-24(27)31-21/h2-13H,14H2,1H3/b21-13-. The van der Waals surface area contributed by atoms with Crippen molar-refractivity contribution >= 4 is 45.0 Å². The van der Waals surface area contributed by atoms with Crippen LogP contribution in [0.1, 0.15) is 11.1 Å². The van der Waals surface area contributed by atoms with E-state index in [1.807, 2.05) is 72.8 Å². The first-order chi connectivity index (χ1) is 15.1. The Morgan fingerprint density at radius 1 is 1.06 bits per heavy atom. The van der Waals surface area contributed by atoms with Gasteiger partial charge in [-0.05, 0) is 42.0 Å². The number of halogens is 1. The largest absolute Gasteiger partial charge is 0.493 e. The average molecular weight is 449 g/mol. The van der Waals surface area contributed by atoms with Crippen LogP contribution in [-0.4, -0.2) is 16.5 Å². The predicted octanol–water partition coefficient (Wildman–Crippen LogP) is 4.70. The van der Waals surface area contributed by atoms with E-state index in [0.717, 1.165) is 22.2 Å². The topological polar surface area (TPSA) is 52.8 Å². The van der Waals surface area contributed by atoms with Gasteiger partial charge in [-0.2, -0.15) is 0 Å². The summed E-state index contributed by atoms with van der Waals surface area (Å²) in [6.45, 7) is 0.348. The normalized spacial score (nSPS) is 12.0. The summed E-state index contributed by atoms with van der Waals surface area (Å²) >= 11 is 7.32. The van der Waals surface area contributed by atoms with Gasteiger partial charge < -0.3 is 9.47 Å². The van der Waals surface area contributed by atoms with E-state index in [-0.39, 0.29) is 5.56 Å². The molecule has 0 amide bonds. The van der Waals surface area contributed by atoms with E-state index in [2.05, 4.69) is 4.98 Å². The maximum Gasteiger partial charge on any atom is 0.274 e. The molecule has 0 saturated carbocycles. The highest BCUT2D eigenvalue weighted by Gasteiger charge is 2.13. The SMILES string of the molecule is COc1cccc(/C=c2\sc3nc4ccccc4n3c2=O)c1OCc1ccc(Cl)cc1. The summed E-state index contributed by atoms with van der Waals surface area (Å²) in [7, 11) is 1.60. The number of hydrogen-bond acceptors (Lipinski definition) is 5. The number of benzene rings is 3. The second-order valence-corrected chi connectivity index (χ2v) is 8.37. The average Bonchev–Trinajstić information content (AvgIpc) is 3.30. The maximum absolute atomic E-state index is 13.1. The van der Waals surface area contributed by atoms with Crippen molar-refractivity contribution in [3.8, 4) is 11.5 Å². The molecule has 0 fully saturated rings. The van der Waals surface area contributed by atoms with Gasteiger partial charge in [-0.15, -0.1) is 0 Å². The minimum absolute atomic E-state index is 0.0971. The fraction of sp³-hybridized carbons (Fsp3) is 0.0833. The van der Waals surface area contributed by atoms with Gasteiger partial charge in [0.05, 0.1) is 22.7 Å². The molecule has 0 atom stereocenters. The molecule has 0 radical (unpaired) electrons. The van der Waals surface area contributed by atoms with Crippen molar-refractivity contribution < 1.29 is 9.47 Å². The summed E-state index contributed by atoms with van der Waals surface area (Å²) in [6.07, 6.45) is 1.83. The third-order valence-electron chi connectivity index (χ3n) is 4.96. The molecule has 2 heterocycles. The van der Waals surface area contributed by atoms with Gasteiger partial charge >= 0.3 is 0 Å². The number of methoxy groups -OCH3 is 1. The molecule has 31 heavy (non-hydrogen) atoms. The fourth-order valence-corrected chi connectivity index (χ4v) is 4.55. The lowest BCUT2D eigenvalue weighted by atomic mass is 10.1. The number of nitrogens with zero attached hydrogens (tertiary/aromatic N) is 2. The van der Waals surface area contributed by atoms with Crippen molar-refractivity contribution in [2.45, 2.75) is 6.61 Å². The second kappa shape index (κ2) is 8.06. The van der Waals surface area contributed by atoms with Crippen LogP contribution in [0.15, 0.2) is 71.5 Å². The molecule has 0 spiro atoms. The molecule has 5 aromatic rings. The Morgan fingerprint density at radius 2 is 1.87 bits per heavy atom. The minimum atomic E-state index is -0.0971. The van der Waals surface area contributed by atoms with E-state index in [1.54, 1.807) is 11.5 Å². The van der Waals surface area contributed by atoms with E-state index >= 15 is 0 Å². The third kappa shape index (κ3) is 3.65. The zero-order chi connectivity index (χ0) is 21.4. The number of rotatable bonds is 5. The van der Waals surface area contributed by atoms with Crippen LogP contribution in [0, 0.1) is 0 Å². The molecule has 7 heteroatoms. The zero-order valence-corrected chi connectivity index (χ0v) is 18.1. The number of thiazole rings is 1. The lowest BCUT2D eigenvalue weighted by molar-refractivity contribution is 0.284. The molecular weight excluding hydrogens is 432 g/mol. The number of hydrogen-bond donors (Lipinski definition) is 0. The van der Waals surface area contributed by atoms with Crippen LogP contribution in [0.3, 0.4) is 0 Å². The zero-order valence-electron chi connectivity index (χ0n) is 16.5. The third-order valence-corrected chi connectivity index (χ3v) is 6.18. The number of fused-ring (bicyclic) bond motifs is 3. The van der Waals surface area contributed by atoms with Crippen molar-refractivity contribution in [3.05, 3.63) is 97.8 Å². The van der Waals surface area contributed by atoms with Crippen LogP contribution in [0.4, 0.5) is 0 Å². The van der Waals surface area contributed by atoms with Gasteiger partial charge in [-0.1, -0.05) is 59.3 Å². The molecule has 0 N–H and O–H groups in total. The van der Waals surface area contributed by atoms with E-state index in [9.17, 15) is 4.79 Å². The number of para-hydroxylation sites is 3. The maximum atomic E-state index is 13.1. The summed E-state index contributed by atoms with van der Waals surface area (Å²) in [5, 5.41) is 0.674. The highest BCUT2D eigenvalue weighted by Crippen LogP contribution is 2.32. The molecule has 5 rings (SSSR count). The number of aromatic nitrogens is 2. The van der Waals surface area contributed by atoms with Crippen LogP contribution in [0.25, 0.3) is 22.1 Å². The van der Waals surface area contributed by atoms with Crippen molar-refractivity contribution in [2.24, 2.45) is 0 Å². The first kappa shape index (κ1) is 19.6. The Labute approximate surface area is 186 Å². The molecule has 0 unspecified atom stereocenters. The fourth-order valence-electron chi connectivity index (χ4n) is 3.45. The van der Waals surface area contributed by atoms with Gasteiger partial charge in [0.1, 0.15) is 6.61 Å². The van der Waals surface area contributed by atoms with Crippen LogP contribution in [0.2, 0.25) is 5.02 Å². The van der Waals surface area contributed by atoms with E-state index in [4.69, 9.17) is 21.1 Å². The van der Waals surface area contributed by atoms with Gasteiger partial charge in [-0.25, -0.2) is 9.38 Å². The van der Waals surface area contributed by atoms with Crippen LogP contribution in [0.5, 0.6) is 11.5 Å². The quantitative estimate of drug-likeness (QED) is 0.391. The van der Waals surface area contributed by atoms with Gasteiger partial charge in [-0.3, -0.25) is 4.79 Å². The molecule has 5 nitrogen and oxygen atoms in total. The van der Waals surface area contributed by atoms with Crippen LogP contribution in [-0.2, 0) is 6.61 Å². The molecule has 154 valence electrons. The first-order valence-electron chi connectivity index (χ1n) is 9.60. The molecule has 0 aliphatic rings. The van der Waals surface area contributed by atoms with Gasteiger partial charge in [0.25, 0.3) is 5.56 Å². The molecule has 0 aliphatic heterocycles. The summed E-state index contributed by atoms with van der Waals surface area (Å²) in [4.78, 5) is 18.3. The number of ether oxygens (including phenoxy) is 2. The van der Waals surface area contributed by atoms with Crippen LogP contribution < -0.4 is 19.6 Å². The van der Waals surface area contributed by atoms with Crippen molar-refractivity contribution in [1.29, 1.82) is 0 Å². The Bertz CT molecular complexity index is 1510. The lowest BCUT2D eigenvalue weighted by Gasteiger charge is -2.13. The van der Waals surface area contributed by atoms with E-state index in [0.29, 0.717) is 32.6 Å². The summed E-state index contributed by atoms with van der Waals surface area (Å²) in [5.74, 6) is 1.18. The highest BCUT2D eigenvalue weighted by molar-refractivity contribution is 7.15. The monoisotopic (exact) mass is 448 g/mol. The molecular formula is C24H17ClN2O3S. The molecule has 3 aromatic carbocycles. The highest BCUT2D eigenvalue weighted by atomic mass is 35.5. The summed E-state index contributed by atoms with van der Waals surface area (Å²) < 4.78 is 13.8. The second-order valence-electron chi connectivity index (χ2n) is 6.93. The van der Waals surface area contributed by atoms with Gasteiger partial charge in [0.2, 0.25) is 0 Å². The minimum Gasteiger partial charge on any atom is -0.493 e. The first-order valence-corrected chi connectivity index (χ1v) is 10.8. The summed E-state index contributed by atoms with van der Waals surface area (Å²) in [6, 6.07) is 20.7. The van der Waals surface area contributed by atoms with Crippen molar-refractivity contribution in [3.63, 3.8) is 0 Å². The Morgan fingerprint density at radius 3 is 2.68 bits per heavy atom. The van der Waals surface area contributed by atoms with Gasteiger partial charge in [0, 0.05) is 10.6 Å². The van der Waals surface area contributed by atoms with E-state index in [1.165, 1.54) is 11.3 Å². The van der Waals surface area contributed by atoms with E-state index < -0.39 is 0 Å². The van der Waals surface area contributed by atoms with Crippen LogP contribution >= 0.6 is 22.9 Å².